The second-order valence-electron chi connectivity index (χ2n) is 4.06. The number of thiophene rings is 1. The van der Waals surface area contributed by atoms with E-state index in [4.69, 9.17) is 20.0 Å². The van der Waals surface area contributed by atoms with E-state index in [1.54, 1.807) is 47.9 Å². The van der Waals surface area contributed by atoms with E-state index in [0.29, 0.717) is 16.2 Å². The summed E-state index contributed by atoms with van der Waals surface area (Å²) in [6, 6.07) is 11.8. The van der Waals surface area contributed by atoms with Gasteiger partial charge in [-0.1, -0.05) is 12.1 Å². The Labute approximate surface area is 131 Å². The molecule has 22 heavy (non-hydrogen) atoms. The Bertz CT molecular complexity index is 780. The van der Waals surface area contributed by atoms with Crippen molar-refractivity contribution >= 4 is 23.4 Å². The molecule has 0 bridgehead atoms. The molecule has 0 aliphatic carbocycles. The molecule has 2 aromatic rings. The zero-order chi connectivity index (χ0) is 15.9. The number of allylic oxidation sites excluding steroid dienone is 1. The van der Waals surface area contributed by atoms with Crippen LogP contribution in [0, 0.1) is 22.7 Å². The molecule has 0 radical (unpaired) electrons. The summed E-state index contributed by atoms with van der Waals surface area (Å²) in [4.78, 5) is 12.4. The first-order chi connectivity index (χ1) is 10.7. The highest BCUT2D eigenvalue weighted by atomic mass is 32.1. The average molecular weight is 310 g/mol. The standard InChI is InChI=1S/C16H10N2O3S/c1-20-14-8-11(7-12(9-17)10-18)4-5-13(14)21-16(19)15-3-2-6-22-15/h2-8H,1H3. The first kappa shape index (κ1) is 15.3. The fourth-order valence-electron chi connectivity index (χ4n) is 1.66. The van der Waals surface area contributed by atoms with Crippen molar-refractivity contribution in [3.63, 3.8) is 0 Å². The lowest BCUT2D eigenvalue weighted by atomic mass is 10.1. The molecule has 0 aliphatic rings. The van der Waals surface area contributed by atoms with Crippen molar-refractivity contribution in [2.24, 2.45) is 0 Å². The highest BCUT2D eigenvalue weighted by Crippen LogP contribution is 2.30. The lowest BCUT2D eigenvalue weighted by Crippen LogP contribution is -2.07. The Morgan fingerprint density at radius 3 is 2.59 bits per heavy atom. The molecule has 0 N–H and O–H groups in total. The molecule has 1 aromatic carbocycles. The monoisotopic (exact) mass is 310 g/mol. The van der Waals surface area contributed by atoms with Crippen molar-refractivity contribution in [2.45, 2.75) is 0 Å². The second-order valence-corrected chi connectivity index (χ2v) is 5.01. The van der Waals surface area contributed by atoms with Gasteiger partial charge in [-0.25, -0.2) is 4.79 Å². The smallest absolute Gasteiger partial charge is 0.353 e. The van der Waals surface area contributed by atoms with Crippen molar-refractivity contribution in [2.75, 3.05) is 7.11 Å². The number of nitrogens with zero attached hydrogens (tertiary/aromatic N) is 2. The van der Waals surface area contributed by atoms with Crippen LogP contribution in [-0.4, -0.2) is 13.1 Å². The number of nitriles is 2. The van der Waals surface area contributed by atoms with Crippen molar-refractivity contribution in [3.05, 3.63) is 51.7 Å². The zero-order valence-electron chi connectivity index (χ0n) is 11.6. The Hall–Kier alpha value is -3.09. The Morgan fingerprint density at radius 2 is 2.00 bits per heavy atom. The normalized spacial score (nSPS) is 9.23. The summed E-state index contributed by atoms with van der Waals surface area (Å²) < 4.78 is 10.5. The molecule has 0 saturated carbocycles. The highest BCUT2D eigenvalue weighted by Gasteiger charge is 2.13. The van der Waals surface area contributed by atoms with Crippen LogP contribution in [0.4, 0.5) is 0 Å². The predicted molar refractivity (Wildman–Crippen MR) is 81.5 cm³/mol. The summed E-state index contributed by atoms with van der Waals surface area (Å²) in [6.07, 6.45) is 1.42. The van der Waals surface area contributed by atoms with Gasteiger partial charge in [-0.3, -0.25) is 0 Å². The van der Waals surface area contributed by atoms with Gasteiger partial charge in [-0.2, -0.15) is 10.5 Å². The molecule has 0 spiro atoms. The van der Waals surface area contributed by atoms with Crippen molar-refractivity contribution < 1.29 is 14.3 Å². The van der Waals surface area contributed by atoms with Gasteiger partial charge in [0, 0.05) is 0 Å². The quantitative estimate of drug-likeness (QED) is 0.491. The van der Waals surface area contributed by atoms with Crippen LogP contribution in [0.25, 0.3) is 6.08 Å². The molecule has 0 unspecified atom stereocenters. The van der Waals surface area contributed by atoms with Gasteiger partial charge in [-0.05, 0) is 35.2 Å². The molecule has 0 amide bonds. The first-order valence-corrected chi connectivity index (χ1v) is 7.01. The number of hydrogen-bond acceptors (Lipinski definition) is 6. The molecule has 0 atom stereocenters. The number of ether oxygens (including phenoxy) is 2. The Kier molecular flexibility index (Phi) is 4.92. The van der Waals surface area contributed by atoms with Crippen LogP contribution >= 0.6 is 11.3 Å². The Balaban J connectivity index is 2.27. The first-order valence-electron chi connectivity index (χ1n) is 6.13. The summed E-state index contributed by atoms with van der Waals surface area (Å²) in [6.45, 7) is 0. The molecule has 1 aromatic heterocycles. The SMILES string of the molecule is COc1cc(C=C(C#N)C#N)ccc1OC(=O)c1cccs1. The van der Waals surface area contributed by atoms with Crippen LogP contribution in [-0.2, 0) is 0 Å². The maximum atomic E-state index is 11.9. The van der Waals surface area contributed by atoms with Gasteiger partial charge in [0.2, 0.25) is 0 Å². The molecule has 0 fully saturated rings. The number of carbonyl (C=O) groups excluding carboxylic acids is 1. The maximum absolute atomic E-state index is 11.9. The van der Waals surface area contributed by atoms with E-state index >= 15 is 0 Å². The highest BCUT2D eigenvalue weighted by molar-refractivity contribution is 7.12. The molecule has 0 aliphatic heterocycles. The number of esters is 1. The van der Waals surface area contributed by atoms with Crippen LogP contribution in [0.1, 0.15) is 15.2 Å². The molecule has 1 heterocycles. The Morgan fingerprint density at radius 1 is 1.23 bits per heavy atom. The van der Waals surface area contributed by atoms with E-state index in [1.165, 1.54) is 24.5 Å². The van der Waals surface area contributed by atoms with Gasteiger partial charge >= 0.3 is 5.97 Å². The fourth-order valence-corrected chi connectivity index (χ4v) is 2.26. The molecular formula is C16H10N2O3S. The van der Waals surface area contributed by atoms with E-state index in [2.05, 4.69) is 0 Å². The maximum Gasteiger partial charge on any atom is 0.353 e. The number of benzene rings is 1. The third-order valence-corrected chi connectivity index (χ3v) is 3.51. The van der Waals surface area contributed by atoms with E-state index in [0.717, 1.165) is 0 Å². The van der Waals surface area contributed by atoms with Crippen LogP contribution in [0.3, 0.4) is 0 Å². The molecule has 6 heteroatoms. The predicted octanol–water partition coefficient (Wildman–Crippen LogP) is 3.41. The van der Waals surface area contributed by atoms with E-state index in [1.807, 2.05) is 0 Å². The van der Waals surface area contributed by atoms with Crippen molar-refractivity contribution in [1.82, 2.24) is 0 Å². The number of methoxy groups -OCH3 is 1. The molecule has 108 valence electrons. The minimum absolute atomic E-state index is 0.0228. The van der Waals surface area contributed by atoms with E-state index in [-0.39, 0.29) is 11.3 Å². The number of rotatable bonds is 4. The molecule has 2 rings (SSSR count). The summed E-state index contributed by atoms with van der Waals surface area (Å²) in [7, 11) is 1.45. The van der Waals surface area contributed by atoms with Crippen LogP contribution < -0.4 is 9.47 Å². The number of hydrogen-bond donors (Lipinski definition) is 0. The second kappa shape index (κ2) is 7.07. The molecular weight excluding hydrogens is 300 g/mol. The molecule has 0 saturated heterocycles. The lowest BCUT2D eigenvalue weighted by Gasteiger charge is -2.09. The number of carbonyl (C=O) groups is 1. The third-order valence-electron chi connectivity index (χ3n) is 2.66. The third kappa shape index (κ3) is 3.51. The summed E-state index contributed by atoms with van der Waals surface area (Å²) in [5.41, 5.74) is 0.580. The van der Waals surface area contributed by atoms with Crippen LogP contribution in [0.15, 0.2) is 41.3 Å². The minimum atomic E-state index is -0.466. The van der Waals surface area contributed by atoms with Gasteiger partial charge in [0.15, 0.2) is 11.5 Å². The summed E-state index contributed by atoms with van der Waals surface area (Å²) >= 11 is 1.28. The van der Waals surface area contributed by atoms with Gasteiger partial charge in [0.1, 0.15) is 22.6 Å². The minimum Gasteiger partial charge on any atom is -0.493 e. The van der Waals surface area contributed by atoms with Gasteiger partial charge in [0.25, 0.3) is 0 Å². The largest absolute Gasteiger partial charge is 0.493 e. The molecule has 5 nitrogen and oxygen atoms in total. The van der Waals surface area contributed by atoms with E-state index in [9.17, 15) is 4.79 Å². The average Bonchev–Trinajstić information content (AvgIpc) is 3.08. The fraction of sp³-hybridized carbons (Fsp3) is 0.0625. The van der Waals surface area contributed by atoms with Crippen molar-refractivity contribution in [3.8, 4) is 23.6 Å². The van der Waals surface area contributed by atoms with Gasteiger partial charge in [0.05, 0.1) is 7.11 Å². The lowest BCUT2D eigenvalue weighted by molar-refractivity contribution is 0.0735. The van der Waals surface area contributed by atoms with Crippen LogP contribution in [0.5, 0.6) is 11.5 Å². The zero-order valence-corrected chi connectivity index (χ0v) is 12.4. The summed E-state index contributed by atoms with van der Waals surface area (Å²) in [5.74, 6) is 0.147. The van der Waals surface area contributed by atoms with Crippen LogP contribution in [0.2, 0.25) is 0 Å². The van der Waals surface area contributed by atoms with E-state index < -0.39 is 5.97 Å². The van der Waals surface area contributed by atoms with Gasteiger partial charge < -0.3 is 9.47 Å². The van der Waals surface area contributed by atoms with Gasteiger partial charge in [-0.15, -0.1) is 11.3 Å². The topological polar surface area (TPSA) is 83.1 Å². The van der Waals surface area contributed by atoms with Crippen molar-refractivity contribution in [1.29, 1.82) is 10.5 Å². The summed E-state index contributed by atoms with van der Waals surface area (Å²) in [5, 5.41) is 19.3.